The maximum absolute atomic E-state index is 5.29. The van der Waals surface area contributed by atoms with Gasteiger partial charge in [0.05, 0.1) is 13.4 Å². The molecule has 0 bridgehead atoms. The van der Waals surface area contributed by atoms with Crippen molar-refractivity contribution in [3.05, 3.63) is 24.0 Å². The van der Waals surface area contributed by atoms with Crippen LogP contribution in [0.4, 0.5) is 0 Å². The van der Waals surface area contributed by atoms with Gasteiger partial charge in [0.1, 0.15) is 5.52 Å². The summed E-state index contributed by atoms with van der Waals surface area (Å²) in [6.07, 6.45) is 1.70. The summed E-state index contributed by atoms with van der Waals surface area (Å²) in [5.41, 5.74) is 2.68. The molecule has 0 aliphatic rings. The predicted octanol–water partition coefficient (Wildman–Crippen LogP) is 2.73. The molecule has 0 amide bonds. The zero-order valence-corrected chi connectivity index (χ0v) is 8.67. The minimum atomic E-state index is 0.608. The lowest BCUT2D eigenvalue weighted by atomic mass is 10.3. The number of rotatable bonds is 2. The van der Waals surface area contributed by atoms with Crippen LogP contribution < -0.4 is 4.74 Å². The Hall–Kier alpha value is -1.03. The number of furan rings is 1. The van der Waals surface area contributed by atoms with E-state index in [9.17, 15) is 0 Å². The second-order valence-corrected chi connectivity index (χ2v) is 3.16. The first-order valence-corrected chi connectivity index (χ1v) is 4.94. The van der Waals surface area contributed by atoms with Crippen molar-refractivity contribution in [3.8, 4) is 5.88 Å². The molecule has 13 heavy (non-hydrogen) atoms. The summed E-state index contributed by atoms with van der Waals surface area (Å²) in [5, 5.41) is 0.736. The van der Waals surface area contributed by atoms with Gasteiger partial charge in [-0.15, -0.1) is 0 Å². The molecule has 0 saturated heterocycles. The second kappa shape index (κ2) is 3.38. The number of ether oxygens (including phenoxy) is 1. The van der Waals surface area contributed by atoms with E-state index in [1.54, 1.807) is 19.4 Å². The number of aromatic nitrogens is 1. The topological polar surface area (TPSA) is 35.3 Å². The normalized spacial score (nSPS) is 10.6. The third-order valence-corrected chi connectivity index (χ3v) is 2.42. The van der Waals surface area contributed by atoms with E-state index in [0.29, 0.717) is 5.88 Å². The van der Waals surface area contributed by atoms with Crippen molar-refractivity contribution in [3.63, 3.8) is 0 Å². The van der Waals surface area contributed by atoms with Crippen molar-refractivity contribution in [1.82, 2.24) is 4.98 Å². The molecule has 0 aliphatic carbocycles. The molecule has 0 saturated carbocycles. The monoisotopic (exact) mass is 241 g/mol. The van der Waals surface area contributed by atoms with Crippen molar-refractivity contribution in [2.24, 2.45) is 0 Å². The molecule has 0 unspecified atom stereocenters. The SMILES string of the molecule is COc1ccc2occ(CBr)c2n1. The first-order valence-electron chi connectivity index (χ1n) is 3.82. The van der Waals surface area contributed by atoms with E-state index in [1.165, 1.54) is 0 Å². The summed E-state index contributed by atoms with van der Waals surface area (Å²) >= 11 is 3.36. The summed E-state index contributed by atoms with van der Waals surface area (Å²) in [4.78, 5) is 4.28. The third kappa shape index (κ3) is 1.42. The molecule has 2 aromatic heterocycles. The second-order valence-electron chi connectivity index (χ2n) is 2.59. The standard InChI is InChI=1S/C9H8BrNO2/c1-12-8-3-2-7-9(11-8)6(4-10)5-13-7/h2-3,5H,4H2,1H3. The van der Waals surface area contributed by atoms with Gasteiger partial charge in [0.2, 0.25) is 5.88 Å². The molecular weight excluding hydrogens is 234 g/mol. The summed E-state index contributed by atoms with van der Waals surface area (Å²) in [5.74, 6) is 0.608. The van der Waals surface area contributed by atoms with Crippen LogP contribution in [0.5, 0.6) is 5.88 Å². The molecule has 2 heterocycles. The Morgan fingerprint density at radius 1 is 1.54 bits per heavy atom. The number of pyridine rings is 1. The molecule has 4 heteroatoms. The van der Waals surface area contributed by atoms with Crippen molar-refractivity contribution in [1.29, 1.82) is 0 Å². The number of hydrogen-bond acceptors (Lipinski definition) is 3. The highest BCUT2D eigenvalue weighted by atomic mass is 79.9. The average molecular weight is 242 g/mol. The molecule has 0 fully saturated rings. The van der Waals surface area contributed by atoms with Gasteiger partial charge >= 0.3 is 0 Å². The third-order valence-electron chi connectivity index (χ3n) is 1.82. The molecule has 0 aliphatic heterocycles. The summed E-state index contributed by atoms with van der Waals surface area (Å²) in [6.45, 7) is 0. The molecule has 68 valence electrons. The predicted molar refractivity (Wildman–Crippen MR) is 53.2 cm³/mol. The maximum atomic E-state index is 5.29. The van der Waals surface area contributed by atoms with Crippen LogP contribution >= 0.6 is 15.9 Å². The Labute approximate surface area is 83.8 Å². The van der Waals surface area contributed by atoms with Gasteiger partial charge in [-0.05, 0) is 6.07 Å². The fourth-order valence-electron chi connectivity index (χ4n) is 1.15. The van der Waals surface area contributed by atoms with Crippen LogP contribution in [0.3, 0.4) is 0 Å². The van der Waals surface area contributed by atoms with Crippen LogP contribution in [-0.2, 0) is 5.33 Å². The van der Waals surface area contributed by atoms with E-state index in [2.05, 4.69) is 20.9 Å². The summed E-state index contributed by atoms with van der Waals surface area (Å²) < 4.78 is 10.3. The minimum absolute atomic E-state index is 0.608. The fourth-order valence-corrected chi connectivity index (χ4v) is 1.55. The van der Waals surface area contributed by atoms with Gasteiger partial charge in [0.15, 0.2) is 5.58 Å². The van der Waals surface area contributed by atoms with Crippen molar-refractivity contribution in [2.45, 2.75) is 5.33 Å². The Balaban J connectivity index is 2.64. The molecule has 2 rings (SSSR count). The summed E-state index contributed by atoms with van der Waals surface area (Å²) in [7, 11) is 1.60. The Kier molecular flexibility index (Phi) is 2.22. The molecule has 0 spiro atoms. The van der Waals surface area contributed by atoms with Crippen LogP contribution in [0.15, 0.2) is 22.8 Å². The molecule has 0 radical (unpaired) electrons. The molecule has 0 aromatic carbocycles. The maximum Gasteiger partial charge on any atom is 0.213 e. The number of fused-ring (bicyclic) bond motifs is 1. The van der Waals surface area contributed by atoms with Gasteiger partial charge < -0.3 is 9.15 Å². The van der Waals surface area contributed by atoms with Crippen LogP contribution in [0.1, 0.15) is 5.56 Å². The van der Waals surface area contributed by atoms with Crippen LogP contribution in [-0.4, -0.2) is 12.1 Å². The lowest BCUT2D eigenvalue weighted by molar-refractivity contribution is 0.399. The lowest BCUT2D eigenvalue weighted by Gasteiger charge is -1.97. The first-order chi connectivity index (χ1) is 6.35. The molecular formula is C9H8BrNO2. The smallest absolute Gasteiger partial charge is 0.213 e. The van der Waals surface area contributed by atoms with Gasteiger partial charge in [-0.1, -0.05) is 15.9 Å². The highest BCUT2D eigenvalue weighted by Gasteiger charge is 2.06. The largest absolute Gasteiger partial charge is 0.481 e. The van der Waals surface area contributed by atoms with Crippen LogP contribution in [0.25, 0.3) is 11.1 Å². The number of nitrogens with zero attached hydrogens (tertiary/aromatic N) is 1. The summed E-state index contributed by atoms with van der Waals surface area (Å²) in [6, 6.07) is 3.64. The van der Waals surface area contributed by atoms with E-state index in [-0.39, 0.29) is 0 Å². The van der Waals surface area contributed by atoms with Gasteiger partial charge in [0, 0.05) is 17.0 Å². The van der Waals surface area contributed by atoms with E-state index >= 15 is 0 Å². The first kappa shape index (κ1) is 8.56. The van der Waals surface area contributed by atoms with Gasteiger partial charge in [0.25, 0.3) is 0 Å². The van der Waals surface area contributed by atoms with Crippen molar-refractivity contribution in [2.75, 3.05) is 7.11 Å². The zero-order valence-electron chi connectivity index (χ0n) is 7.08. The molecule has 3 nitrogen and oxygen atoms in total. The number of halogens is 1. The number of hydrogen-bond donors (Lipinski definition) is 0. The Morgan fingerprint density at radius 2 is 2.38 bits per heavy atom. The van der Waals surface area contributed by atoms with Gasteiger partial charge in [-0.25, -0.2) is 4.98 Å². The lowest BCUT2D eigenvalue weighted by Crippen LogP contribution is -1.87. The van der Waals surface area contributed by atoms with Crippen LogP contribution in [0, 0.1) is 0 Å². The fraction of sp³-hybridized carbons (Fsp3) is 0.222. The van der Waals surface area contributed by atoms with Gasteiger partial charge in [-0.2, -0.15) is 0 Å². The van der Waals surface area contributed by atoms with Crippen LogP contribution in [0.2, 0.25) is 0 Å². The van der Waals surface area contributed by atoms with E-state index in [1.807, 2.05) is 6.07 Å². The van der Waals surface area contributed by atoms with E-state index in [0.717, 1.165) is 22.0 Å². The van der Waals surface area contributed by atoms with Crippen molar-refractivity contribution < 1.29 is 9.15 Å². The van der Waals surface area contributed by atoms with E-state index < -0.39 is 0 Å². The Morgan fingerprint density at radius 3 is 3.08 bits per heavy atom. The molecule has 0 N–H and O–H groups in total. The highest BCUT2D eigenvalue weighted by molar-refractivity contribution is 9.08. The average Bonchev–Trinajstić information content (AvgIpc) is 2.59. The number of methoxy groups -OCH3 is 1. The zero-order chi connectivity index (χ0) is 9.26. The Bertz CT molecular complexity index is 424. The molecule has 0 atom stereocenters. The number of alkyl halides is 1. The highest BCUT2D eigenvalue weighted by Crippen LogP contribution is 2.23. The van der Waals surface area contributed by atoms with Crippen molar-refractivity contribution >= 4 is 27.0 Å². The minimum Gasteiger partial charge on any atom is -0.481 e. The van der Waals surface area contributed by atoms with Gasteiger partial charge in [-0.3, -0.25) is 0 Å². The van der Waals surface area contributed by atoms with E-state index in [4.69, 9.17) is 9.15 Å². The molecule has 2 aromatic rings. The quantitative estimate of drug-likeness (QED) is 0.759.